The van der Waals surface area contributed by atoms with Gasteiger partial charge in [0.25, 0.3) is 0 Å². The number of amides is 1. The molecule has 0 aliphatic carbocycles. The van der Waals surface area contributed by atoms with E-state index in [1.807, 2.05) is 66.2 Å². The van der Waals surface area contributed by atoms with Crippen LogP contribution in [0.1, 0.15) is 26.3 Å². The number of hydrogen-bond acceptors (Lipinski definition) is 8. The molecule has 11 heteroatoms. The van der Waals surface area contributed by atoms with Crippen LogP contribution in [-0.4, -0.2) is 54.0 Å². The summed E-state index contributed by atoms with van der Waals surface area (Å²) in [6.07, 6.45) is 4.37. The van der Waals surface area contributed by atoms with Crippen LogP contribution in [0.5, 0.6) is 17.2 Å². The molecule has 0 fully saturated rings. The standard InChI is InChI=1S/C29H35N5O5S/c1-20-15-21(9-10-25(20)39-23-8-6-7-22(16-23)38-18-29(2,3)4)33-28-27-24(31-19-32-28)11-13-34(27)14-12-30-26(35)17-40(5,36)37/h6-11,13,15-16,19H,12,14,17-18H2,1-5H3,(H,30,35)(H,31,32,33). The molecule has 1 amide bonds. The van der Waals surface area contributed by atoms with Gasteiger partial charge in [0.05, 0.1) is 12.1 Å². The van der Waals surface area contributed by atoms with Gasteiger partial charge in [-0.05, 0) is 54.3 Å². The summed E-state index contributed by atoms with van der Waals surface area (Å²) in [6.45, 7) is 9.64. The Hall–Kier alpha value is -4.12. The summed E-state index contributed by atoms with van der Waals surface area (Å²) < 4.78 is 36.6. The van der Waals surface area contributed by atoms with Crippen LogP contribution >= 0.6 is 0 Å². The third kappa shape index (κ3) is 8.19. The van der Waals surface area contributed by atoms with E-state index in [0.717, 1.165) is 40.0 Å². The molecule has 0 radical (unpaired) electrons. The SMILES string of the molecule is Cc1cc(Nc2ncnc3ccn(CCNC(=O)CS(C)(=O)=O)c23)ccc1Oc1cccc(OCC(C)(C)C)c1. The van der Waals surface area contributed by atoms with Crippen LogP contribution in [0, 0.1) is 12.3 Å². The number of carbonyl (C=O) groups excluding carboxylic acids is 1. The van der Waals surface area contributed by atoms with Gasteiger partial charge in [0.2, 0.25) is 5.91 Å². The molecule has 4 rings (SSSR count). The van der Waals surface area contributed by atoms with E-state index < -0.39 is 21.5 Å². The van der Waals surface area contributed by atoms with E-state index in [0.29, 0.717) is 24.7 Å². The number of ether oxygens (including phenoxy) is 2. The molecule has 0 saturated carbocycles. The number of benzene rings is 2. The van der Waals surface area contributed by atoms with Crippen molar-refractivity contribution < 1.29 is 22.7 Å². The lowest BCUT2D eigenvalue weighted by Crippen LogP contribution is -2.32. The van der Waals surface area contributed by atoms with E-state index in [4.69, 9.17) is 9.47 Å². The van der Waals surface area contributed by atoms with Crippen molar-refractivity contribution >= 4 is 38.3 Å². The molecule has 2 heterocycles. The third-order valence-electron chi connectivity index (χ3n) is 5.76. The first-order chi connectivity index (χ1) is 18.9. The van der Waals surface area contributed by atoms with Crippen LogP contribution in [0.2, 0.25) is 0 Å². The molecule has 2 aromatic carbocycles. The zero-order valence-corrected chi connectivity index (χ0v) is 24.2. The average Bonchev–Trinajstić information content (AvgIpc) is 3.27. The number of aryl methyl sites for hydroxylation is 1. The monoisotopic (exact) mass is 565 g/mol. The number of carbonyl (C=O) groups is 1. The van der Waals surface area contributed by atoms with Crippen LogP contribution in [-0.2, 0) is 21.2 Å². The molecule has 0 aliphatic rings. The van der Waals surface area contributed by atoms with E-state index in [2.05, 4.69) is 41.4 Å². The Morgan fingerprint density at radius 3 is 2.55 bits per heavy atom. The van der Waals surface area contributed by atoms with Gasteiger partial charge in [-0.2, -0.15) is 0 Å². The van der Waals surface area contributed by atoms with Crippen LogP contribution in [0.25, 0.3) is 11.0 Å². The second kappa shape index (κ2) is 12.0. The first-order valence-corrected chi connectivity index (χ1v) is 14.9. The fraction of sp³-hybridized carbons (Fsp3) is 0.345. The van der Waals surface area contributed by atoms with E-state index in [1.165, 1.54) is 6.33 Å². The van der Waals surface area contributed by atoms with Crippen molar-refractivity contribution in [2.75, 3.05) is 30.5 Å². The summed E-state index contributed by atoms with van der Waals surface area (Å²) in [5.74, 6) is 1.71. The lowest BCUT2D eigenvalue weighted by atomic mass is 9.99. The minimum Gasteiger partial charge on any atom is -0.493 e. The maximum atomic E-state index is 11.9. The zero-order chi connectivity index (χ0) is 28.9. The molecule has 40 heavy (non-hydrogen) atoms. The van der Waals surface area contributed by atoms with Crippen LogP contribution in [0.3, 0.4) is 0 Å². The van der Waals surface area contributed by atoms with Crippen molar-refractivity contribution in [2.45, 2.75) is 34.2 Å². The predicted molar refractivity (Wildman–Crippen MR) is 156 cm³/mol. The highest BCUT2D eigenvalue weighted by Crippen LogP contribution is 2.31. The molecule has 10 nitrogen and oxygen atoms in total. The van der Waals surface area contributed by atoms with Gasteiger partial charge in [0, 0.05) is 37.3 Å². The summed E-state index contributed by atoms with van der Waals surface area (Å²) in [7, 11) is -3.38. The number of sulfone groups is 1. The predicted octanol–water partition coefficient (Wildman–Crippen LogP) is 4.86. The summed E-state index contributed by atoms with van der Waals surface area (Å²) >= 11 is 0. The molecule has 4 aromatic rings. The van der Waals surface area contributed by atoms with Crippen LogP contribution in [0.4, 0.5) is 11.5 Å². The fourth-order valence-corrected chi connectivity index (χ4v) is 4.53. The first kappa shape index (κ1) is 28.9. The van der Waals surface area contributed by atoms with Crippen LogP contribution < -0.4 is 20.1 Å². The van der Waals surface area contributed by atoms with E-state index >= 15 is 0 Å². The quantitative estimate of drug-likeness (QED) is 0.264. The van der Waals surface area contributed by atoms with E-state index in [1.54, 1.807) is 0 Å². The van der Waals surface area contributed by atoms with Gasteiger partial charge in [-0.25, -0.2) is 18.4 Å². The number of rotatable bonds is 11. The molecular formula is C29H35N5O5S. The highest BCUT2D eigenvalue weighted by molar-refractivity contribution is 7.91. The van der Waals surface area contributed by atoms with Gasteiger partial charge in [-0.15, -0.1) is 0 Å². The summed E-state index contributed by atoms with van der Waals surface area (Å²) in [6, 6.07) is 15.2. The lowest BCUT2D eigenvalue weighted by molar-refractivity contribution is -0.118. The molecule has 0 bridgehead atoms. The Balaban J connectivity index is 1.45. The van der Waals surface area contributed by atoms with Gasteiger partial charge in [0.1, 0.15) is 34.8 Å². The minimum atomic E-state index is -3.38. The normalized spacial score (nSPS) is 11.8. The van der Waals surface area contributed by atoms with Gasteiger partial charge in [0.15, 0.2) is 15.7 Å². The molecule has 2 aromatic heterocycles. The first-order valence-electron chi connectivity index (χ1n) is 12.9. The maximum Gasteiger partial charge on any atom is 0.235 e. The molecule has 0 saturated heterocycles. The smallest absolute Gasteiger partial charge is 0.235 e. The average molecular weight is 566 g/mol. The molecular weight excluding hydrogens is 530 g/mol. The highest BCUT2D eigenvalue weighted by atomic mass is 32.2. The zero-order valence-electron chi connectivity index (χ0n) is 23.4. The minimum absolute atomic E-state index is 0.0586. The molecule has 0 unspecified atom stereocenters. The Labute approximate surface area is 234 Å². The summed E-state index contributed by atoms with van der Waals surface area (Å²) in [5, 5.41) is 6.00. The second-order valence-electron chi connectivity index (χ2n) is 10.9. The number of fused-ring (bicyclic) bond motifs is 1. The lowest BCUT2D eigenvalue weighted by Gasteiger charge is -2.19. The van der Waals surface area contributed by atoms with Gasteiger partial charge >= 0.3 is 0 Å². The Morgan fingerprint density at radius 2 is 1.82 bits per heavy atom. The summed E-state index contributed by atoms with van der Waals surface area (Å²) in [5.41, 5.74) is 3.32. The second-order valence-corrected chi connectivity index (χ2v) is 13.1. The van der Waals surface area contributed by atoms with E-state index in [9.17, 15) is 13.2 Å². The van der Waals surface area contributed by atoms with E-state index in [-0.39, 0.29) is 12.0 Å². The summed E-state index contributed by atoms with van der Waals surface area (Å²) in [4.78, 5) is 20.6. The molecule has 0 spiro atoms. The highest BCUT2D eigenvalue weighted by Gasteiger charge is 2.14. The Bertz CT molecular complexity index is 1610. The number of hydrogen-bond donors (Lipinski definition) is 2. The number of nitrogens with zero attached hydrogens (tertiary/aromatic N) is 3. The van der Waals surface area contributed by atoms with Crippen LogP contribution in [0.15, 0.2) is 61.1 Å². The van der Waals surface area contributed by atoms with Crippen molar-refractivity contribution in [3.8, 4) is 17.2 Å². The topological polar surface area (TPSA) is 124 Å². The van der Waals surface area contributed by atoms with Gasteiger partial charge in [-0.3, -0.25) is 4.79 Å². The van der Waals surface area contributed by atoms with Crippen molar-refractivity contribution in [1.82, 2.24) is 19.9 Å². The number of nitrogens with one attached hydrogen (secondary N) is 2. The van der Waals surface area contributed by atoms with Crippen molar-refractivity contribution in [3.05, 3.63) is 66.6 Å². The Kier molecular flexibility index (Phi) is 8.63. The molecule has 0 aliphatic heterocycles. The molecule has 0 atom stereocenters. The number of aromatic nitrogens is 3. The van der Waals surface area contributed by atoms with Crippen molar-refractivity contribution in [1.29, 1.82) is 0 Å². The molecule has 212 valence electrons. The fourth-order valence-electron chi connectivity index (χ4n) is 3.95. The third-order valence-corrected chi connectivity index (χ3v) is 6.55. The maximum absolute atomic E-state index is 11.9. The Morgan fingerprint density at radius 1 is 1.05 bits per heavy atom. The van der Waals surface area contributed by atoms with Crippen molar-refractivity contribution in [2.24, 2.45) is 5.41 Å². The molecule has 2 N–H and O–H groups in total. The largest absolute Gasteiger partial charge is 0.493 e. The van der Waals surface area contributed by atoms with Crippen molar-refractivity contribution in [3.63, 3.8) is 0 Å². The number of anilines is 2. The van der Waals surface area contributed by atoms with Gasteiger partial charge < -0.3 is 24.7 Å². The van der Waals surface area contributed by atoms with Gasteiger partial charge in [-0.1, -0.05) is 26.8 Å².